The molecule has 0 radical (unpaired) electrons. The number of anilines is 1. The quantitative estimate of drug-likeness (QED) is 0.607. The van der Waals surface area contributed by atoms with E-state index in [0.717, 1.165) is 29.2 Å². The van der Waals surface area contributed by atoms with E-state index < -0.39 is 46.6 Å². The predicted molar refractivity (Wildman–Crippen MR) is 87.0 cm³/mol. The first-order chi connectivity index (χ1) is 12.6. The van der Waals surface area contributed by atoms with Crippen LogP contribution in [0, 0.1) is 10.1 Å². The topological polar surface area (TPSA) is 106 Å². The van der Waals surface area contributed by atoms with E-state index >= 15 is 0 Å². The fraction of sp³-hybridized carbons (Fsp3) is 0.250. The Kier molecular flexibility index (Phi) is 5.83. The molecule has 1 heterocycles. The highest BCUT2D eigenvalue weighted by atomic mass is 19.4. The molecule has 0 aliphatic heterocycles. The van der Waals surface area contributed by atoms with Crippen molar-refractivity contribution in [3.63, 3.8) is 0 Å². The van der Waals surface area contributed by atoms with Crippen LogP contribution in [0.1, 0.15) is 23.0 Å². The highest BCUT2D eigenvalue weighted by Gasteiger charge is 2.33. The lowest BCUT2D eigenvalue weighted by atomic mass is 10.1. The first kappa shape index (κ1) is 19.9. The maximum absolute atomic E-state index is 13.0. The monoisotopic (exact) mass is 385 g/mol. The molecule has 0 saturated carbocycles. The molecule has 0 aliphatic carbocycles. The molecule has 2 aromatic rings. The van der Waals surface area contributed by atoms with Crippen molar-refractivity contribution in [3.8, 4) is 0 Å². The van der Waals surface area contributed by atoms with Crippen LogP contribution in [0.3, 0.4) is 0 Å². The Bertz CT molecular complexity index is 863. The molecule has 8 nitrogen and oxygen atoms in total. The first-order valence-electron chi connectivity index (χ1n) is 7.63. The van der Waals surface area contributed by atoms with Crippen molar-refractivity contribution in [2.24, 2.45) is 0 Å². The van der Waals surface area contributed by atoms with Gasteiger partial charge in [0, 0.05) is 6.54 Å². The van der Waals surface area contributed by atoms with Crippen LogP contribution in [0.2, 0.25) is 0 Å². The maximum Gasteiger partial charge on any atom is 0.433 e. The number of furan rings is 1. The van der Waals surface area contributed by atoms with Crippen molar-refractivity contribution >= 4 is 23.4 Å². The van der Waals surface area contributed by atoms with E-state index in [1.165, 1.54) is 19.1 Å². The number of benzene rings is 1. The number of likely N-dealkylation sites (N-methyl/N-ethyl adjacent to an activating group) is 1. The van der Waals surface area contributed by atoms with Crippen LogP contribution in [0.5, 0.6) is 0 Å². The molecule has 2 amide bonds. The van der Waals surface area contributed by atoms with Gasteiger partial charge in [0.1, 0.15) is 11.5 Å². The molecule has 0 aliphatic rings. The van der Waals surface area contributed by atoms with Crippen molar-refractivity contribution in [1.29, 1.82) is 0 Å². The molecule has 27 heavy (non-hydrogen) atoms. The Hall–Kier alpha value is -3.37. The second kappa shape index (κ2) is 7.89. The lowest BCUT2D eigenvalue weighted by Crippen LogP contribution is -2.38. The van der Waals surface area contributed by atoms with E-state index in [4.69, 9.17) is 4.42 Å². The van der Waals surface area contributed by atoms with E-state index in [1.807, 2.05) is 0 Å². The van der Waals surface area contributed by atoms with Gasteiger partial charge in [-0.25, -0.2) is 0 Å². The zero-order valence-electron chi connectivity index (χ0n) is 13.9. The van der Waals surface area contributed by atoms with Crippen molar-refractivity contribution in [2.45, 2.75) is 13.1 Å². The lowest BCUT2D eigenvalue weighted by Gasteiger charge is -2.20. The number of nitro groups is 1. The average molecular weight is 385 g/mol. The fourth-order valence-electron chi connectivity index (χ4n) is 2.23. The smallest absolute Gasteiger partial charge is 0.395 e. The number of halogens is 3. The van der Waals surface area contributed by atoms with E-state index in [1.54, 1.807) is 0 Å². The van der Waals surface area contributed by atoms with Gasteiger partial charge in [0.25, 0.3) is 5.91 Å². The number of para-hydroxylation sites is 1. The second-order valence-electron chi connectivity index (χ2n) is 5.31. The number of rotatable bonds is 6. The summed E-state index contributed by atoms with van der Waals surface area (Å²) in [6.07, 6.45) is -4.66. The molecule has 0 atom stereocenters. The second-order valence-corrected chi connectivity index (χ2v) is 5.31. The summed E-state index contributed by atoms with van der Waals surface area (Å²) >= 11 is 0. The van der Waals surface area contributed by atoms with Crippen LogP contribution in [0.15, 0.2) is 40.8 Å². The van der Waals surface area contributed by atoms with Crippen LogP contribution in [0.25, 0.3) is 0 Å². The Labute approximate surface area is 150 Å². The first-order valence-corrected chi connectivity index (χ1v) is 7.63. The van der Waals surface area contributed by atoms with E-state index in [9.17, 15) is 32.9 Å². The number of nitrogens with zero attached hydrogens (tertiary/aromatic N) is 2. The number of alkyl halides is 3. The lowest BCUT2D eigenvalue weighted by molar-refractivity contribution is -0.402. The van der Waals surface area contributed by atoms with Gasteiger partial charge < -0.3 is 14.6 Å². The fourth-order valence-corrected chi connectivity index (χ4v) is 2.23. The summed E-state index contributed by atoms with van der Waals surface area (Å²) in [5.41, 5.74) is -1.46. The molecule has 11 heteroatoms. The van der Waals surface area contributed by atoms with Gasteiger partial charge in [0.05, 0.1) is 17.3 Å². The average Bonchev–Trinajstić information content (AvgIpc) is 3.09. The molecule has 1 N–H and O–H groups in total. The zero-order chi connectivity index (χ0) is 20.2. The molecule has 0 fully saturated rings. The summed E-state index contributed by atoms with van der Waals surface area (Å²) in [5, 5.41) is 12.7. The number of nitrogens with one attached hydrogen (secondary N) is 1. The normalized spacial score (nSPS) is 11.1. The van der Waals surface area contributed by atoms with Gasteiger partial charge in [-0.1, -0.05) is 12.1 Å². The minimum absolute atomic E-state index is 0.0294. The van der Waals surface area contributed by atoms with Crippen LogP contribution < -0.4 is 5.32 Å². The molecule has 0 bridgehead atoms. The largest absolute Gasteiger partial charge is 0.433 e. The Morgan fingerprint density at radius 3 is 2.44 bits per heavy atom. The SMILES string of the molecule is CCN(CC(=O)Nc1ccccc1C(F)(F)F)C(=O)c1ccc([N+](=O)[O-])o1. The minimum atomic E-state index is -4.66. The third kappa shape index (κ3) is 4.84. The summed E-state index contributed by atoms with van der Waals surface area (Å²) in [4.78, 5) is 35.1. The third-order valence-electron chi connectivity index (χ3n) is 3.49. The van der Waals surface area contributed by atoms with Gasteiger partial charge in [0.2, 0.25) is 5.91 Å². The Morgan fingerprint density at radius 2 is 1.89 bits per heavy atom. The molecule has 0 saturated heterocycles. The zero-order valence-corrected chi connectivity index (χ0v) is 13.9. The van der Waals surface area contributed by atoms with Gasteiger partial charge in [-0.15, -0.1) is 0 Å². The van der Waals surface area contributed by atoms with Crippen LogP contribution in [-0.2, 0) is 11.0 Å². The summed E-state index contributed by atoms with van der Waals surface area (Å²) < 4.78 is 43.7. The molecule has 1 aromatic heterocycles. The number of hydrogen-bond acceptors (Lipinski definition) is 5. The van der Waals surface area contributed by atoms with Crippen molar-refractivity contribution in [3.05, 3.63) is 57.8 Å². The van der Waals surface area contributed by atoms with Crippen LogP contribution >= 0.6 is 0 Å². The standard InChI is InChI=1S/C16H14F3N3O5/c1-2-21(15(24)12-7-8-14(27-12)22(25)26)9-13(23)20-11-6-4-3-5-10(11)16(17,18)19/h3-8H,2,9H2,1H3,(H,20,23). The highest BCUT2D eigenvalue weighted by Crippen LogP contribution is 2.34. The summed E-state index contributed by atoms with van der Waals surface area (Å²) in [5.74, 6) is -2.65. The van der Waals surface area contributed by atoms with Crippen LogP contribution in [-0.4, -0.2) is 34.7 Å². The highest BCUT2D eigenvalue weighted by molar-refractivity contribution is 5.98. The summed E-state index contributed by atoms with van der Waals surface area (Å²) in [6, 6.07) is 6.50. The van der Waals surface area contributed by atoms with Gasteiger partial charge in [0.15, 0.2) is 5.76 Å². The number of carbonyl (C=O) groups is 2. The number of hydrogen-bond donors (Lipinski definition) is 1. The molecular formula is C16H14F3N3O5. The predicted octanol–water partition coefficient (Wildman–Crippen LogP) is 3.31. The van der Waals surface area contributed by atoms with E-state index in [0.29, 0.717) is 0 Å². The van der Waals surface area contributed by atoms with Crippen LogP contribution in [0.4, 0.5) is 24.7 Å². The van der Waals surface area contributed by atoms with Gasteiger partial charge >= 0.3 is 12.1 Å². The Balaban J connectivity index is 2.11. The maximum atomic E-state index is 13.0. The van der Waals surface area contributed by atoms with E-state index in [-0.39, 0.29) is 12.3 Å². The minimum Gasteiger partial charge on any atom is -0.395 e. The van der Waals surface area contributed by atoms with Crippen molar-refractivity contribution in [2.75, 3.05) is 18.4 Å². The molecule has 1 aromatic carbocycles. The molecule has 144 valence electrons. The number of amides is 2. The molecule has 0 spiro atoms. The van der Waals surface area contributed by atoms with Gasteiger partial charge in [-0.2, -0.15) is 13.2 Å². The van der Waals surface area contributed by atoms with Gasteiger partial charge in [-0.3, -0.25) is 19.7 Å². The van der Waals surface area contributed by atoms with Crippen molar-refractivity contribution in [1.82, 2.24) is 4.90 Å². The summed E-state index contributed by atoms with van der Waals surface area (Å²) in [6.45, 7) is 1.00. The van der Waals surface area contributed by atoms with Crippen molar-refractivity contribution < 1.29 is 32.1 Å². The molecule has 2 rings (SSSR count). The molecular weight excluding hydrogens is 371 g/mol. The van der Waals surface area contributed by atoms with E-state index in [2.05, 4.69) is 5.32 Å². The number of carbonyl (C=O) groups excluding carboxylic acids is 2. The summed E-state index contributed by atoms with van der Waals surface area (Å²) in [7, 11) is 0. The molecule has 0 unspecified atom stereocenters. The third-order valence-corrected chi connectivity index (χ3v) is 3.49. The Morgan fingerprint density at radius 1 is 1.22 bits per heavy atom. The van der Waals surface area contributed by atoms with Gasteiger partial charge in [-0.05, 0) is 25.1 Å².